The molecule has 1 aromatic rings. The van der Waals surface area contributed by atoms with E-state index >= 15 is 0 Å². The molecule has 0 saturated heterocycles. The van der Waals surface area contributed by atoms with Gasteiger partial charge in [-0.25, -0.2) is 0 Å². The van der Waals surface area contributed by atoms with Crippen molar-refractivity contribution < 1.29 is 9.58 Å². The van der Waals surface area contributed by atoms with Gasteiger partial charge in [-0.15, -0.1) is 0 Å². The van der Waals surface area contributed by atoms with Crippen molar-refractivity contribution in [1.29, 1.82) is 0 Å². The van der Waals surface area contributed by atoms with E-state index in [1.165, 1.54) is 12.1 Å². The molecule has 60 valence electrons. The van der Waals surface area contributed by atoms with Crippen molar-refractivity contribution in [1.82, 2.24) is 0 Å². The van der Waals surface area contributed by atoms with E-state index in [0.29, 0.717) is 0 Å². The molecule has 2 radical (unpaired) electrons. The van der Waals surface area contributed by atoms with Crippen LogP contribution in [0.5, 0.6) is 0 Å². The van der Waals surface area contributed by atoms with Crippen LogP contribution in [-0.4, -0.2) is 13.0 Å². The minimum Gasteiger partial charge on any atom is -0.444 e. The van der Waals surface area contributed by atoms with Gasteiger partial charge in [-0.05, 0) is 17.7 Å². The molecule has 0 amide bonds. The predicted octanol–water partition coefficient (Wildman–Crippen LogP) is 1.19. The first-order valence-corrected chi connectivity index (χ1v) is 3.29. The number of benzene rings is 1. The van der Waals surface area contributed by atoms with Gasteiger partial charge < -0.3 is 4.65 Å². The zero-order valence-electron chi connectivity index (χ0n) is 6.27. The molecule has 0 aliphatic carbocycles. The van der Waals surface area contributed by atoms with Crippen LogP contribution in [0.25, 0.3) is 0 Å². The van der Waals surface area contributed by atoms with Crippen LogP contribution in [0.3, 0.4) is 0 Å². The van der Waals surface area contributed by atoms with Crippen LogP contribution in [0.2, 0.25) is 0 Å². The Morgan fingerprint density at radius 2 is 2.00 bits per heavy atom. The van der Waals surface area contributed by atoms with Gasteiger partial charge in [0.15, 0.2) is 0 Å². The first-order valence-electron chi connectivity index (χ1n) is 3.29. The van der Waals surface area contributed by atoms with Crippen LogP contribution >= 0.6 is 0 Å². The van der Waals surface area contributed by atoms with Crippen molar-refractivity contribution in [3.8, 4) is 0 Å². The van der Waals surface area contributed by atoms with Gasteiger partial charge in [0.2, 0.25) is 0 Å². The third-order valence-corrected chi connectivity index (χ3v) is 1.40. The highest BCUT2D eigenvalue weighted by Gasteiger charge is 2.02. The van der Waals surface area contributed by atoms with Crippen molar-refractivity contribution in [2.45, 2.75) is 6.61 Å². The van der Waals surface area contributed by atoms with Crippen LogP contribution in [0.15, 0.2) is 24.3 Å². The van der Waals surface area contributed by atoms with Crippen LogP contribution in [0.4, 0.5) is 5.69 Å². The van der Waals surface area contributed by atoms with Crippen LogP contribution in [0.1, 0.15) is 5.56 Å². The Balaban J connectivity index is 2.78. The molecule has 0 atom stereocenters. The summed E-state index contributed by atoms with van der Waals surface area (Å²) in [6.45, 7) is 0.262. The summed E-state index contributed by atoms with van der Waals surface area (Å²) in [6.07, 6.45) is 0. The Kier molecular flexibility index (Phi) is 2.82. The molecular formula is C7H6BNO3. The van der Waals surface area contributed by atoms with Gasteiger partial charge in [0, 0.05) is 12.1 Å². The fourth-order valence-electron chi connectivity index (χ4n) is 0.810. The molecule has 0 aliphatic rings. The second-order valence-corrected chi connectivity index (χ2v) is 2.23. The quantitative estimate of drug-likeness (QED) is 0.382. The maximum absolute atomic E-state index is 10.2. The molecule has 5 heteroatoms. The zero-order valence-corrected chi connectivity index (χ0v) is 6.27. The standard InChI is InChI=1S/C7H6BNO3/c8-12-5-6-1-3-7(4-2-6)9(10)11/h1-4H,5H2. The van der Waals surface area contributed by atoms with Crippen LogP contribution in [0, 0.1) is 10.1 Å². The Bertz CT molecular complexity index is 272. The largest absolute Gasteiger partial charge is 0.444 e. The van der Waals surface area contributed by atoms with Crippen molar-refractivity contribution >= 4 is 13.7 Å². The van der Waals surface area contributed by atoms with E-state index in [-0.39, 0.29) is 12.3 Å². The average Bonchev–Trinajstić information content (AvgIpc) is 2.06. The van der Waals surface area contributed by atoms with Gasteiger partial charge in [-0.2, -0.15) is 0 Å². The Morgan fingerprint density at radius 1 is 1.42 bits per heavy atom. The molecular weight excluding hydrogens is 157 g/mol. The Hall–Kier alpha value is -1.36. The number of nitrogens with zero attached hydrogens (tertiary/aromatic N) is 1. The number of hydrogen-bond acceptors (Lipinski definition) is 3. The topological polar surface area (TPSA) is 52.4 Å². The van der Waals surface area contributed by atoms with Gasteiger partial charge >= 0.3 is 0 Å². The molecule has 0 aliphatic heterocycles. The summed E-state index contributed by atoms with van der Waals surface area (Å²) in [6, 6.07) is 6.03. The van der Waals surface area contributed by atoms with Crippen LogP contribution in [-0.2, 0) is 11.3 Å². The highest BCUT2D eigenvalue weighted by atomic mass is 16.6. The summed E-state index contributed by atoms with van der Waals surface area (Å²) in [5.41, 5.74) is 0.874. The molecule has 0 aromatic heterocycles. The molecule has 0 saturated carbocycles. The second kappa shape index (κ2) is 3.87. The molecule has 0 bridgehead atoms. The number of rotatable bonds is 3. The molecule has 1 rings (SSSR count). The van der Waals surface area contributed by atoms with E-state index in [2.05, 4.69) is 4.65 Å². The zero-order chi connectivity index (χ0) is 8.97. The monoisotopic (exact) mass is 163 g/mol. The SMILES string of the molecule is [B]OCc1ccc([N+](=O)[O-])cc1. The van der Waals surface area contributed by atoms with Crippen molar-refractivity contribution in [2.75, 3.05) is 0 Å². The van der Waals surface area contributed by atoms with E-state index in [1.54, 1.807) is 12.1 Å². The van der Waals surface area contributed by atoms with Gasteiger partial charge in [0.25, 0.3) is 13.7 Å². The first-order chi connectivity index (χ1) is 5.74. The highest BCUT2D eigenvalue weighted by Crippen LogP contribution is 2.11. The average molecular weight is 163 g/mol. The summed E-state index contributed by atoms with van der Waals surface area (Å²) >= 11 is 0. The summed E-state index contributed by atoms with van der Waals surface area (Å²) in [4.78, 5) is 9.77. The van der Waals surface area contributed by atoms with Crippen molar-refractivity contribution in [3.05, 3.63) is 39.9 Å². The van der Waals surface area contributed by atoms with Gasteiger partial charge in [-0.1, -0.05) is 0 Å². The summed E-state index contributed by atoms with van der Waals surface area (Å²) in [5.74, 6) is 0. The minimum absolute atomic E-state index is 0.0655. The van der Waals surface area contributed by atoms with E-state index in [4.69, 9.17) is 8.05 Å². The number of non-ortho nitro benzene ring substituents is 1. The number of nitro benzene ring substituents is 1. The van der Waals surface area contributed by atoms with Gasteiger partial charge in [0.05, 0.1) is 11.5 Å². The number of hydrogen-bond donors (Lipinski definition) is 0. The van der Waals surface area contributed by atoms with E-state index in [1.807, 2.05) is 0 Å². The van der Waals surface area contributed by atoms with Gasteiger partial charge in [0.1, 0.15) is 0 Å². The lowest BCUT2D eigenvalue weighted by Crippen LogP contribution is -1.90. The molecule has 4 nitrogen and oxygen atoms in total. The van der Waals surface area contributed by atoms with Crippen molar-refractivity contribution in [3.63, 3.8) is 0 Å². The smallest absolute Gasteiger partial charge is 0.283 e. The third kappa shape index (κ3) is 2.06. The maximum atomic E-state index is 10.2. The molecule has 0 unspecified atom stereocenters. The minimum atomic E-state index is -0.451. The first kappa shape index (κ1) is 8.74. The molecule has 12 heavy (non-hydrogen) atoms. The van der Waals surface area contributed by atoms with E-state index < -0.39 is 4.92 Å². The lowest BCUT2D eigenvalue weighted by Gasteiger charge is -1.97. The molecule has 0 fully saturated rings. The molecule has 1 aromatic carbocycles. The summed E-state index contributed by atoms with van der Waals surface area (Å²) in [5, 5.41) is 10.2. The lowest BCUT2D eigenvalue weighted by molar-refractivity contribution is -0.384. The Morgan fingerprint density at radius 3 is 2.42 bits per heavy atom. The maximum Gasteiger partial charge on any atom is 0.283 e. The summed E-state index contributed by atoms with van der Waals surface area (Å²) < 4.78 is 4.36. The third-order valence-electron chi connectivity index (χ3n) is 1.40. The van der Waals surface area contributed by atoms with Gasteiger partial charge in [-0.3, -0.25) is 10.1 Å². The second-order valence-electron chi connectivity index (χ2n) is 2.23. The lowest BCUT2D eigenvalue weighted by atomic mass is 10.2. The fraction of sp³-hybridized carbons (Fsp3) is 0.143. The van der Waals surface area contributed by atoms with Crippen molar-refractivity contribution in [2.24, 2.45) is 0 Å². The van der Waals surface area contributed by atoms with Crippen LogP contribution < -0.4 is 0 Å². The highest BCUT2D eigenvalue weighted by molar-refractivity contribution is 5.97. The molecule has 0 N–H and O–H groups in total. The molecule has 0 heterocycles. The summed E-state index contributed by atoms with van der Waals surface area (Å²) in [7, 11) is 4.82. The number of nitro groups is 1. The fourth-order valence-corrected chi connectivity index (χ4v) is 0.810. The normalized spacial score (nSPS) is 9.67. The predicted molar refractivity (Wildman–Crippen MR) is 43.6 cm³/mol. The Labute approximate surface area is 70.7 Å². The van der Waals surface area contributed by atoms with E-state index in [9.17, 15) is 10.1 Å². The molecule has 0 spiro atoms. The van der Waals surface area contributed by atoms with E-state index in [0.717, 1.165) is 5.56 Å².